The lowest BCUT2D eigenvalue weighted by molar-refractivity contribution is -0.125. The summed E-state index contributed by atoms with van der Waals surface area (Å²) in [5.41, 5.74) is 2.14. The second-order valence-corrected chi connectivity index (χ2v) is 5.36. The number of benzene rings is 1. The quantitative estimate of drug-likeness (QED) is 0.828. The first-order chi connectivity index (χ1) is 10.7. The standard InChI is InChI=1S/C16H18FN3O2/c17-12-2-4-13(5-3-12)22-8-7-18-16(21)11-1-6-14-15(9-11)20-10-19-14/h2-5,10-11H,1,6-9H2,(H,18,21)(H,19,20)/t11-/m1/s1. The van der Waals surface area contributed by atoms with Crippen molar-refractivity contribution in [1.82, 2.24) is 15.3 Å². The number of halogens is 1. The monoisotopic (exact) mass is 303 g/mol. The lowest BCUT2D eigenvalue weighted by Crippen LogP contribution is -2.36. The summed E-state index contributed by atoms with van der Waals surface area (Å²) >= 11 is 0. The van der Waals surface area contributed by atoms with Gasteiger partial charge in [0.25, 0.3) is 0 Å². The Labute approximate surface area is 127 Å². The van der Waals surface area contributed by atoms with Gasteiger partial charge >= 0.3 is 0 Å². The maximum Gasteiger partial charge on any atom is 0.223 e. The lowest BCUT2D eigenvalue weighted by Gasteiger charge is -2.20. The number of imidazole rings is 1. The minimum atomic E-state index is -0.295. The van der Waals surface area contributed by atoms with Gasteiger partial charge in [-0.3, -0.25) is 4.79 Å². The molecule has 1 aromatic heterocycles. The molecule has 22 heavy (non-hydrogen) atoms. The second-order valence-electron chi connectivity index (χ2n) is 5.36. The summed E-state index contributed by atoms with van der Waals surface area (Å²) in [6.45, 7) is 0.794. The van der Waals surface area contributed by atoms with E-state index >= 15 is 0 Å². The van der Waals surface area contributed by atoms with Crippen LogP contribution in [0.25, 0.3) is 0 Å². The third kappa shape index (κ3) is 3.44. The van der Waals surface area contributed by atoms with Crippen LogP contribution in [0.3, 0.4) is 0 Å². The van der Waals surface area contributed by atoms with Crippen molar-refractivity contribution in [3.8, 4) is 5.75 Å². The predicted molar refractivity (Wildman–Crippen MR) is 79.0 cm³/mol. The summed E-state index contributed by atoms with van der Waals surface area (Å²) < 4.78 is 18.2. The molecule has 0 unspecified atom stereocenters. The van der Waals surface area contributed by atoms with Crippen LogP contribution < -0.4 is 10.1 Å². The Morgan fingerprint density at radius 1 is 1.41 bits per heavy atom. The first kappa shape index (κ1) is 14.6. The number of nitrogens with zero attached hydrogens (tertiary/aromatic N) is 1. The highest BCUT2D eigenvalue weighted by atomic mass is 19.1. The highest BCUT2D eigenvalue weighted by molar-refractivity contribution is 5.79. The van der Waals surface area contributed by atoms with Gasteiger partial charge in [0.1, 0.15) is 18.2 Å². The van der Waals surface area contributed by atoms with Crippen LogP contribution in [-0.4, -0.2) is 29.0 Å². The smallest absolute Gasteiger partial charge is 0.223 e. The first-order valence-electron chi connectivity index (χ1n) is 7.39. The summed E-state index contributed by atoms with van der Waals surface area (Å²) in [6, 6.07) is 5.83. The molecule has 1 heterocycles. The van der Waals surface area contributed by atoms with Crippen LogP contribution in [0.5, 0.6) is 5.75 Å². The number of amides is 1. The van der Waals surface area contributed by atoms with Crippen LogP contribution in [0, 0.1) is 11.7 Å². The van der Waals surface area contributed by atoms with E-state index in [2.05, 4.69) is 15.3 Å². The normalized spacial score (nSPS) is 16.9. The van der Waals surface area contributed by atoms with E-state index in [-0.39, 0.29) is 17.6 Å². The summed E-state index contributed by atoms with van der Waals surface area (Å²) in [7, 11) is 0. The molecule has 0 radical (unpaired) electrons. The lowest BCUT2D eigenvalue weighted by atomic mass is 9.89. The third-order valence-corrected chi connectivity index (χ3v) is 3.84. The molecular formula is C16H18FN3O2. The number of aromatic nitrogens is 2. The van der Waals surface area contributed by atoms with Crippen molar-refractivity contribution in [2.24, 2.45) is 5.92 Å². The molecule has 2 N–H and O–H groups in total. The Morgan fingerprint density at radius 3 is 3.05 bits per heavy atom. The van der Waals surface area contributed by atoms with Gasteiger partial charge in [-0.1, -0.05) is 0 Å². The minimum Gasteiger partial charge on any atom is -0.492 e. The second kappa shape index (κ2) is 6.60. The minimum absolute atomic E-state index is 0.0150. The molecule has 0 spiro atoms. The summed E-state index contributed by atoms with van der Waals surface area (Å²) in [6.07, 6.45) is 4.05. The summed E-state index contributed by atoms with van der Waals surface area (Å²) in [4.78, 5) is 19.5. The van der Waals surface area contributed by atoms with Crippen LogP contribution in [0.2, 0.25) is 0 Å². The fourth-order valence-corrected chi connectivity index (χ4v) is 2.64. The molecule has 5 nitrogen and oxygen atoms in total. The van der Waals surface area contributed by atoms with Gasteiger partial charge in [0.05, 0.1) is 18.6 Å². The largest absolute Gasteiger partial charge is 0.492 e. The number of carbonyl (C=O) groups is 1. The topological polar surface area (TPSA) is 67.0 Å². The Balaban J connectivity index is 1.40. The number of nitrogens with one attached hydrogen (secondary N) is 2. The van der Waals surface area contributed by atoms with Crippen molar-refractivity contribution >= 4 is 5.91 Å². The number of aromatic amines is 1. The molecule has 1 aliphatic carbocycles. The van der Waals surface area contributed by atoms with Gasteiger partial charge in [-0.15, -0.1) is 0 Å². The number of rotatable bonds is 5. The van der Waals surface area contributed by atoms with E-state index in [1.54, 1.807) is 18.5 Å². The van der Waals surface area contributed by atoms with Crippen molar-refractivity contribution < 1.29 is 13.9 Å². The molecular weight excluding hydrogens is 285 g/mol. The molecule has 0 aliphatic heterocycles. The van der Waals surface area contributed by atoms with E-state index < -0.39 is 0 Å². The maximum atomic E-state index is 12.7. The molecule has 6 heteroatoms. The van der Waals surface area contributed by atoms with E-state index in [4.69, 9.17) is 4.74 Å². The van der Waals surface area contributed by atoms with Crippen LogP contribution >= 0.6 is 0 Å². The maximum absolute atomic E-state index is 12.7. The molecule has 0 fully saturated rings. The van der Waals surface area contributed by atoms with Crippen LogP contribution in [-0.2, 0) is 17.6 Å². The Bertz CT molecular complexity index is 639. The molecule has 2 aromatic rings. The van der Waals surface area contributed by atoms with Gasteiger partial charge in [-0.25, -0.2) is 9.37 Å². The Kier molecular flexibility index (Phi) is 4.37. The zero-order valence-electron chi connectivity index (χ0n) is 12.1. The van der Waals surface area contributed by atoms with Crippen LogP contribution in [0.15, 0.2) is 30.6 Å². The number of hydrogen-bond donors (Lipinski definition) is 2. The summed E-state index contributed by atoms with van der Waals surface area (Å²) in [5.74, 6) is 0.327. The predicted octanol–water partition coefficient (Wildman–Crippen LogP) is 1.85. The first-order valence-corrected chi connectivity index (χ1v) is 7.39. The molecule has 1 aromatic carbocycles. The van der Waals surface area contributed by atoms with Gasteiger partial charge in [0.15, 0.2) is 0 Å². The van der Waals surface area contributed by atoms with Gasteiger partial charge in [-0.05, 0) is 37.1 Å². The van der Waals surface area contributed by atoms with Crippen molar-refractivity contribution in [2.45, 2.75) is 19.3 Å². The van der Waals surface area contributed by atoms with E-state index in [0.29, 0.717) is 25.3 Å². The molecule has 0 saturated heterocycles. The number of carbonyl (C=O) groups excluding carboxylic acids is 1. The molecule has 1 atom stereocenters. The van der Waals surface area contributed by atoms with Crippen molar-refractivity contribution in [3.05, 3.63) is 47.8 Å². The van der Waals surface area contributed by atoms with E-state index in [1.165, 1.54) is 12.1 Å². The summed E-state index contributed by atoms with van der Waals surface area (Å²) in [5, 5.41) is 2.88. The number of hydrogen-bond acceptors (Lipinski definition) is 3. The van der Waals surface area contributed by atoms with Crippen LogP contribution in [0.4, 0.5) is 4.39 Å². The zero-order valence-corrected chi connectivity index (χ0v) is 12.1. The van der Waals surface area contributed by atoms with Gasteiger partial charge in [0.2, 0.25) is 5.91 Å². The van der Waals surface area contributed by atoms with Crippen LogP contribution in [0.1, 0.15) is 17.8 Å². The average molecular weight is 303 g/mol. The number of ether oxygens (including phenoxy) is 1. The van der Waals surface area contributed by atoms with Crippen molar-refractivity contribution in [3.63, 3.8) is 0 Å². The fraction of sp³-hybridized carbons (Fsp3) is 0.375. The average Bonchev–Trinajstić information content (AvgIpc) is 3.00. The molecule has 3 rings (SSSR count). The van der Waals surface area contributed by atoms with Gasteiger partial charge in [0, 0.05) is 18.0 Å². The van der Waals surface area contributed by atoms with E-state index in [9.17, 15) is 9.18 Å². The van der Waals surface area contributed by atoms with E-state index in [1.807, 2.05) is 0 Å². The zero-order chi connectivity index (χ0) is 15.4. The van der Waals surface area contributed by atoms with E-state index in [0.717, 1.165) is 24.2 Å². The molecule has 116 valence electrons. The fourth-order valence-electron chi connectivity index (χ4n) is 2.64. The molecule has 0 saturated carbocycles. The molecule has 0 bridgehead atoms. The SMILES string of the molecule is O=C(NCCOc1ccc(F)cc1)[C@@H]1CCc2nc[nH]c2C1. The number of fused-ring (bicyclic) bond motifs is 1. The van der Waals surface area contributed by atoms with Crippen molar-refractivity contribution in [1.29, 1.82) is 0 Å². The Hall–Kier alpha value is -2.37. The van der Waals surface area contributed by atoms with Gasteiger partial charge in [-0.2, -0.15) is 0 Å². The number of H-pyrrole nitrogens is 1. The van der Waals surface area contributed by atoms with Crippen molar-refractivity contribution in [2.75, 3.05) is 13.2 Å². The molecule has 1 amide bonds. The Morgan fingerprint density at radius 2 is 2.23 bits per heavy atom. The number of aryl methyl sites for hydroxylation is 1. The van der Waals surface area contributed by atoms with Gasteiger partial charge < -0.3 is 15.0 Å². The highest BCUT2D eigenvalue weighted by Gasteiger charge is 2.25. The highest BCUT2D eigenvalue weighted by Crippen LogP contribution is 2.22. The third-order valence-electron chi connectivity index (χ3n) is 3.84. The molecule has 1 aliphatic rings.